The summed E-state index contributed by atoms with van der Waals surface area (Å²) < 4.78 is 18.6. The summed E-state index contributed by atoms with van der Waals surface area (Å²) in [6.45, 7) is 4.21. The Morgan fingerprint density at radius 2 is 1.76 bits per heavy atom. The summed E-state index contributed by atoms with van der Waals surface area (Å²) in [6.07, 6.45) is 0.855. The van der Waals surface area contributed by atoms with Crippen molar-refractivity contribution in [1.82, 2.24) is 5.32 Å². The molecule has 3 heteroatoms. The van der Waals surface area contributed by atoms with E-state index in [0.29, 0.717) is 0 Å². The van der Waals surface area contributed by atoms with Crippen LogP contribution in [0, 0.1) is 19.7 Å². The van der Waals surface area contributed by atoms with Crippen LogP contribution < -0.4 is 10.1 Å². The maximum absolute atomic E-state index is 13.5. The summed E-state index contributed by atoms with van der Waals surface area (Å²) in [4.78, 5) is 0. The molecule has 0 radical (unpaired) electrons. The Morgan fingerprint density at radius 3 is 2.33 bits per heavy atom. The topological polar surface area (TPSA) is 21.3 Å². The molecule has 2 rings (SSSR count). The molecule has 112 valence electrons. The fraction of sp³-hybridized carbons (Fsp3) is 0.333. The number of halogens is 1. The molecule has 0 aromatic heterocycles. The minimum absolute atomic E-state index is 0.126. The van der Waals surface area contributed by atoms with Crippen LogP contribution in [-0.4, -0.2) is 14.2 Å². The second-order valence-corrected chi connectivity index (χ2v) is 5.44. The highest BCUT2D eigenvalue weighted by molar-refractivity contribution is 5.34. The number of methoxy groups -OCH3 is 1. The predicted molar refractivity (Wildman–Crippen MR) is 84.4 cm³/mol. The zero-order chi connectivity index (χ0) is 15.4. The normalized spacial score (nSPS) is 12.2. The first-order valence-electron chi connectivity index (χ1n) is 7.11. The zero-order valence-corrected chi connectivity index (χ0v) is 13.0. The monoisotopic (exact) mass is 287 g/mol. The number of hydrogen-bond acceptors (Lipinski definition) is 2. The summed E-state index contributed by atoms with van der Waals surface area (Å²) in [7, 11) is 3.41. The highest BCUT2D eigenvalue weighted by Crippen LogP contribution is 2.25. The van der Waals surface area contributed by atoms with Gasteiger partial charge in [-0.15, -0.1) is 0 Å². The number of nitrogens with one attached hydrogen (secondary N) is 1. The predicted octanol–water partition coefficient (Wildman–Crippen LogP) is 3.95. The van der Waals surface area contributed by atoms with Crippen molar-refractivity contribution in [3.05, 3.63) is 64.5 Å². The van der Waals surface area contributed by atoms with E-state index >= 15 is 0 Å². The second kappa shape index (κ2) is 6.72. The molecule has 1 N–H and O–H groups in total. The van der Waals surface area contributed by atoms with E-state index in [4.69, 9.17) is 4.74 Å². The van der Waals surface area contributed by atoms with Crippen molar-refractivity contribution in [1.29, 1.82) is 0 Å². The second-order valence-electron chi connectivity index (χ2n) is 5.44. The SMILES string of the molecule is CNC(Cc1cc(C)cc(C)c1)c1ccc(F)c(OC)c1. The van der Waals surface area contributed by atoms with E-state index in [2.05, 4.69) is 37.4 Å². The lowest BCUT2D eigenvalue weighted by Gasteiger charge is -2.18. The van der Waals surface area contributed by atoms with Gasteiger partial charge in [0.2, 0.25) is 0 Å². The Balaban J connectivity index is 2.27. The first-order valence-corrected chi connectivity index (χ1v) is 7.11. The fourth-order valence-electron chi connectivity index (χ4n) is 2.70. The van der Waals surface area contributed by atoms with E-state index in [1.807, 2.05) is 13.1 Å². The molecule has 0 aliphatic rings. The van der Waals surface area contributed by atoms with Crippen molar-refractivity contribution < 1.29 is 9.13 Å². The van der Waals surface area contributed by atoms with Crippen LogP contribution in [0.15, 0.2) is 36.4 Å². The molecule has 2 aromatic rings. The Morgan fingerprint density at radius 1 is 1.10 bits per heavy atom. The minimum Gasteiger partial charge on any atom is -0.494 e. The van der Waals surface area contributed by atoms with Crippen molar-refractivity contribution in [3.8, 4) is 5.75 Å². The number of aryl methyl sites for hydroxylation is 2. The Hall–Kier alpha value is -1.87. The molecule has 1 unspecified atom stereocenters. The summed E-state index contributed by atoms with van der Waals surface area (Å²) in [5.74, 6) is -0.0457. The Kier molecular flexibility index (Phi) is 4.97. The molecule has 0 aliphatic heterocycles. The van der Waals surface area contributed by atoms with E-state index < -0.39 is 0 Å². The third kappa shape index (κ3) is 3.82. The number of rotatable bonds is 5. The van der Waals surface area contributed by atoms with Crippen LogP contribution >= 0.6 is 0 Å². The number of ether oxygens (including phenoxy) is 1. The molecule has 0 saturated carbocycles. The first kappa shape index (κ1) is 15.5. The maximum atomic E-state index is 13.5. The van der Waals surface area contributed by atoms with Gasteiger partial charge < -0.3 is 10.1 Å². The third-order valence-corrected chi connectivity index (χ3v) is 3.65. The van der Waals surface area contributed by atoms with E-state index in [-0.39, 0.29) is 17.6 Å². The average molecular weight is 287 g/mol. The first-order chi connectivity index (χ1) is 10.0. The van der Waals surface area contributed by atoms with Gasteiger partial charge in [0.15, 0.2) is 11.6 Å². The number of benzene rings is 2. The molecular weight excluding hydrogens is 265 g/mol. The molecule has 0 spiro atoms. The molecule has 0 amide bonds. The average Bonchev–Trinajstić information content (AvgIpc) is 2.44. The van der Waals surface area contributed by atoms with E-state index in [1.54, 1.807) is 6.07 Å². The van der Waals surface area contributed by atoms with Crippen molar-refractivity contribution in [2.24, 2.45) is 0 Å². The number of likely N-dealkylation sites (N-methyl/N-ethyl adjacent to an activating group) is 1. The third-order valence-electron chi connectivity index (χ3n) is 3.65. The van der Waals surface area contributed by atoms with Gasteiger partial charge in [0.05, 0.1) is 7.11 Å². The molecule has 2 aromatic carbocycles. The van der Waals surface area contributed by atoms with E-state index in [1.165, 1.54) is 29.9 Å². The van der Waals surface area contributed by atoms with Crippen molar-refractivity contribution in [2.75, 3.05) is 14.2 Å². The number of hydrogen-bond donors (Lipinski definition) is 1. The zero-order valence-electron chi connectivity index (χ0n) is 13.0. The van der Waals surface area contributed by atoms with Crippen LogP contribution in [0.1, 0.15) is 28.3 Å². The Bertz CT molecular complexity index is 604. The van der Waals surface area contributed by atoms with Crippen molar-refractivity contribution in [2.45, 2.75) is 26.3 Å². The van der Waals surface area contributed by atoms with Crippen LogP contribution in [0.2, 0.25) is 0 Å². The lowest BCUT2D eigenvalue weighted by atomic mass is 9.96. The molecule has 2 nitrogen and oxygen atoms in total. The molecule has 1 atom stereocenters. The molecule has 0 aliphatic carbocycles. The molecule has 0 fully saturated rings. The van der Waals surface area contributed by atoms with Gasteiger partial charge in [-0.25, -0.2) is 4.39 Å². The van der Waals surface area contributed by atoms with Crippen molar-refractivity contribution in [3.63, 3.8) is 0 Å². The minimum atomic E-state index is -0.331. The van der Waals surface area contributed by atoms with Crippen LogP contribution in [-0.2, 0) is 6.42 Å². The molecule has 0 heterocycles. The van der Waals surface area contributed by atoms with Crippen LogP contribution in [0.3, 0.4) is 0 Å². The largest absolute Gasteiger partial charge is 0.494 e. The highest BCUT2D eigenvalue weighted by Gasteiger charge is 2.13. The van der Waals surface area contributed by atoms with Crippen LogP contribution in [0.5, 0.6) is 5.75 Å². The summed E-state index contributed by atoms with van der Waals surface area (Å²) in [6, 6.07) is 11.7. The van der Waals surface area contributed by atoms with E-state index in [0.717, 1.165) is 12.0 Å². The van der Waals surface area contributed by atoms with Crippen LogP contribution in [0.25, 0.3) is 0 Å². The molecule has 0 bridgehead atoms. The highest BCUT2D eigenvalue weighted by atomic mass is 19.1. The summed E-state index contributed by atoms with van der Waals surface area (Å²) >= 11 is 0. The Labute approximate surface area is 126 Å². The molecule has 0 saturated heterocycles. The van der Waals surface area contributed by atoms with Gasteiger partial charge in [0.25, 0.3) is 0 Å². The van der Waals surface area contributed by atoms with Crippen LogP contribution in [0.4, 0.5) is 4.39 Å². The lowest BCUT2D eigenvalue weighted by Crippen LogP contribution is -2.19. The maximum Gasteiger partial charge on any atom is 0.165 e. The fourth-order valence-corrected chi connectivity index (χ4v) is 2.70. The smallest absolute Gasteiger partial charge is 0.165 e. The summed E-state index contributed by atoms with van der Waals surface area (Å²) in [5.41, 5.74) is 4.82. The van der Waals surface area contributed by atoms with Gasteiger partial charge in [-0.1, -0.05) is 35.4 Å². The van der Waals surface area contributed by atoms with Gasteiger partial charge in [0.1, 0.15) is 0 Å². The molecular formula is C18H22FNO. The van der Waals surface area contributed by atoms with E-state index in [9.17, 15) is 4.39 Å². The van der Waals surface area contributed by atoms with Gasteiger partial charge in [-0.2, -0.15) is 0 Å². The summed E-state index contributed by atoms with van der Waals surface area (Å²) in [5, 5.41) is 3.30. The van der Waals surface area contributed by atoms with Gasteiger partial charge in [-0.3, -0.25) is 0 Å². The van der Waals surface area contributed by atoms with Gasteiger partial charge >= 0.3 is 0 Å². The van der Waals surface area contributed by atoms with Crippen molar-refractivity contribution >= 4 is 0 Å². The van der Waals surface area contributed by atoms with Gasteiger partial charge in [-0.05, 0) is 50.6 Å². The molecule has 21 heavy (non-hydrogen) atoms. The van der Waals surface area contributed by atoms with Gasteiger partial charge in [0, 0.05) is 6.04 Å². The quantitative estimate of drug-likeness (QED) is 0.899. The standard InChI is InChI=1S/C18H22FNO/c1-12-7-13(2)9-14(8-12)10-17(20-3)15-5-6-16(19)18(11-15)21-4/h5-9,11,17,20H,10H2,1-4H3. The lowest BCUT2D eigenvalue weighted by molar-refractivity contribution is 0.385.